The number of aromatic nitrogens is 2. The fraction of sp³-hybridized carbons (Fsp3) is 0.385. The van der Waals surface area contributed by atoms with Crippen molar-refractivity contribution in [1.82, 2.24) is 15.1 Å². The third kappa shape index (κ3) is 5.91. The first-order chi connectivity index (χ1) is 16.8. The van der Waals surface area contributed by atoms with Gasteiger partial charge in [0.2, 0.25) is 0 Å². The summed E-state index contributed by atoms with van der Waals surface area (Å²) in [5, 5.41) is 8.82. The van der Waals surface area contributed by atoms with E-state index < -0.39 is 10.0 Å². The smallest absolute Gasteiger partial charge is 0.265 e. The number of hydrogen-bond donors (Lipinski definition) is 1. The average molecular weight is 496 g/mol. The van der Waals surface area contributed by atoms with Gasteiger partial charge in [0, 0.05) is 37.4 Å². The van der Waals surface area contributed by atoms with Gasteiger partial charge in [-0.05, 0) is 61.9 Å². The first kappa shape index (κ1) is 24.9. The van der Waals surface area contributed by atoms with Crippen molar-refractivity contribution in [2.24, 2.45) is 0 Å². The summed E-state index contributed by atoms with van der Waals surface area (Å²) in [5.74, 6) is 1.38. The molecule has 9 heteroatoms. The highest BCUT2D eigenvalue weighted by atomic mass is 32.2. The van der Waals surface area contributed by atoms with Gasteiger partial charge in [0.05, 0.1) is 12.3 Å². The van der Waals surface area contributed by atoms with Crippen LogP contribution in [0.15, 0.2) is 59.5 Å². The zero-order valence-electron chi connectivity index (χ0n) is 20.7. The molecule has 3 aromatic rings. The molecule has 1 fully saturated rings. The van der Waals surface area contributed by atoms with Crippen LogP contribution in [0.5, 0.6) is 5.75 Å². The predicted molar refractivity (Wildman–Crippen MR) is 140 cm³/mol. The molecule has 0 aliphatic carbocycles. The van der Waals surface area contributed by atoms with Crippen molar-refractivity contribution in [3.63, 3.8) is 0 Å². The SMILES string of the molecule is CCOc1ccc(C(C)C)cc1S(=O)(=O)Nc1cccc(-c2ccc(N3CCN(C)CC3)nn2)c1. The maximum Gasteiger partial charge on any atom is 0.265 e. The second kappa shape index (κ2) is 10.6. The third-order valence-corrected chi connectivity index (χ3v) is 7.51. The summed E-state index contributed by atoms with van der Waals surface area (Å²) in [6.07, 6.45) is 0. The Hall–Kier alpha value is -3.17. The molecule has 186 valence electrons. The van der Waals surface area contributed by atoms with Crippen LogP contribution < -0.4 is 14.4 Å². The van der Waals surface area contributed by atoms with Gasteiger partial charge >= 0.3 is 0 Å². The highest BCUT2D eigenvalue weighted by Crippen LogP contribution is 2.31. The second-order valence-electron chi connectivity index (χ2n) is 9.05. The predicted octanol–water partition coefficient (Wildman–Crippen LogP) is 4.22. The van der Waals surface area contributed by atoms with Crippen LogP contribution >= 0.6 is 0 Å². The normalized spacial score (nSPS) is 14.8. The van der Waals surface area contributed by atoms with Crippen molar-refractivity contribution in [2.45, 2.75) is 31.6 Å². The Labute approximate surface area is 208 Å². The summed E-state index contributed by atoms with van der Waals surface area (Å²) in [6.45, 7) is 10.1. The van der Waals surface area contributed by atoms with Crippen LogP contribution in [0, 0.1) is 0 Å². The topological polar surface area (TPSA) is 87.7 Å². The molecular weight excluding hydrogens is 462 g/mol. The van der Waals surface area contributed by atoms with Gasteiger partial charge in [-0.25, -0.2) is 8.42 Å². The summed E-state index contributed by atoms with van der Waals surface area (Å²) >= 11 is 0. The van der Waals surface area contributed by atoms with E-state index in [0.29, 0.717) is 23.7 Å². The number of piperazine rings is 1. The van der Waals surface area contributed by atoms with E-state index in [1.807, 2.05) is 45.0 Å². The number of nitrogens with zero attached hydrogens (tertiary/aromatic N) is 4. The molecule has 1 aromatic heterocycles. The fourth-order valence-electron chi connectivity index (χ4n) is 4.00. The van der Waals surface area contributed by atoms with Gasteiger partial charge in [0.15, 0.2) is 5.82 Å². The van der Waals surface area contributed by atoms with E-state index in [1.54, 1.807) is 30.3 Å². The number of rotatable bonds is 8. The van der Waals surface area contributed by atoms with E-state index in [1.165, 1.54) is 0 Å². The molecule has 2 aromatic carbocycles. The average Bonchev–Trinajstić information content (AvgIpc) is 2.85. The Morgan fingerprint density at radius 3 is 2.43 bits per heavy atom. The molecule has 0 radical (unpaired) electrons. The van der Waals surface area contributed by atoms with Gasteiger partial charge in [-0.3, -0.25) is 4.72 Å². The molecule has 1 N–H and O–H groups in total. The number of likely N-dealkylation sites (N-methyl/N-ethyl adjacent to an activating group) is 1. The lowest BCUT2D eigenvalue weighted by molar-refractivity contribution is 0.312. The lowest BCUT2D eigenvalue weighted by Crippen LogP contribution is -2.44. The monoisotopic (exact) mass is 495 g/mol. The minimum Gasteiger partial charge on any atom is -0.492 e. The number of sulfonamides is 1. The maximum absolute atomic E-state index is 13.3. The standard InChI is InChI=1S/C26H33N5O3S/c1-5-34-24-11-9-20(19(2)3)18-25(24)35(32,33)29-22-8-6-7-21(17-22)23-10-12-26(28-27-23)31-15-13-30(4)14-16-31/h6-12,17-19,29H,5,13-16H2,1-4H3. The molecule has 1 aliphatic heterocycles. The fourth-order valence-corrected chi connectivity index (χ4v) is 5.23. The van der Waals surface area contributed by atoms with E-state index in [0.717, 1.165) is 43.1 Å². The van der Waals surface area contributed by atoms with Crippen molar-refractivity contribution in [3.05, 3.63) is 60.2 Å². The second-order valence-corrected chi connectivity index (χ2v) is 10.7. The molecular formula is C26H33N5O3S. The van der Waals surface area contributed by atoms with E-state index in [2.05, 4.69) is 31.8 Å². The summed E-state index contributed by atoms with van der Waals surface area (Å²) in [5.41, 5.74) is 2.84. The lowest BCUT2D eigenvalue weighted by atomic mass is 10.0. The van der Waals surface area contributed by atoms with Gasteiger partial charge in [0.1, 0.15) is 10.6 Å². The van der Waals surface area contributed by atoms with Gasteiger partial charge in [-0.15, -0.1) is 10.2 Å². The van der Waals surface area contributed by atoms with Crippen molar-refractivity contribution in [3.8, 4) is 17.0 Å². The van der Waals surface area contributed by atoms with Gasteiger partial charge in [-0.2, -0.15) is 0 Å². The largest absolute Gasteiger partial charge is 0.492 e. The van der Waals surface area contributed by atoms with E-state index >= 15 is 0 Å². The molecule has 35 heavy (non-hydrogen) atoms. The van der Waals surface area contributed by atoms with Crippen LogP contribution in [0.3, 0.4) is 0 Å². The Kier molecular flexibility index (Phi) is 7.57. The van der Waals surface area contributed by atoms with Crippen molar-refractivity contribution < 1.29 is 13.2 Å². The summed E-state index contributed by atoms with van der Waals surface area (Å²) < 4.78 is 35.0. The van der Waals surface area contributed by atoms with Crippen LogP contribution in [0.25, 0.3) is 11.3 Å². The van der Waals surface area contributed by atoms with Crippen LogP contribution in [-0.2, 0) is 10.0 Å². The van der Waals surface area contributed by atoms with Gasteiger partial charge < -0.3 is 14.5 Å². The first-order valence-electron chi connectivity index (χ1n) is 11.9. The highest BCUT2D eigenvalue weighted by molar-refractivity contribution is 7.92. The number of nitrogens with one attached hydrogen (secondary N) is 1. The van der Waals surface area contributed by atoms with Crippen molar-refractivity contribution in [1.29, 1.82) is 0 Å². The molecule has 1 saturated heterocycles. The lowest BCUT2D eigenvalue weighted by Gasteiger charge is -2.32. The van der Waals surface area contributed by atoms with Crippen molar-refractivity contribution >= 4 is 21.5 Å². The van der Waals surface area contributed by atoms with Gasteiger partial charge in [0.25, 0.3) is 10.0 Å². The molecule has 0 unspecified atom stereocenters. The van der Waals surface area contributed by atoms with E-state index in [-0.39, 0.29) is 10.8 Å². The summed E-state index contributed by atoms with van der Waals surface area (Å²) in [7, 11) is -1.75. The third-order valence-electron chi connectivity index (χ3n) is 6.11. The minimum atomic E-state index is -3.87. The first-order valence-corrected chi connectivity index (χ1v) is 13.4. The number of ether oxygens (including phenoxy) is 1. The van der Waals surface area contributed by atoms with Gasteiger partial charge in [-0.1, -0.05) is 32.0 Å². The minimum absolute atomic E-state index is 0.132. The Balaban J connectivity index is 1.56. The zero-order chi connectivity index (χ0) is 25.0. The molecule has 1 aliphatic rings. The van der Waals surface area contributed by atoms with Crippen molar-refractivity contribution in [2.75, 3.05) is 49.5 Å². The summed E-state index contributed by atoms with van der Waals surface area (Å²) in [6, 6.07) is 16.4. The van der Waals surface area contributed by atoms with Crippen LogP contribution in [0.2, 0.25) is 0 Å². The molecule has 8 nitrogen and oxygen atoms in total. The molecule has 0 amide bonds. The number of hydrogen-bond acceptors (Lipinski definition) is 7. The van der Waals surface area contributed by atoms with Crippen LogP contribution in [0.4, 0.5) is 11.5 Å². The number of benzene rings is 2. The zero-order valence-corrected chi connectivity index (χ0v) is 21.5. The molecule has 0 saturated carbocycles. The molecule has 0 atom stereocenters. The van der Waals surface area contributed by atoms with E-state index in [9.17, 15) is 8.42 Å². The van der Waals surface area contributed by atoms with Crippen LogP contribution in [-0.4, -0.2) is 63.3 Å². The maximum atomic E-state index is 13.3. The van der Waals surface area contributed by atoms with E-state index in [4.69, 9.17) is 4.74 Å². The quantitative estimate of drug-likeness (QED) is 0.501. The molecule has 0 bridgehead atoms. The number of anilines is 2. The summed E-state index contributed by atoms with van der Waals surface area (Å²) in [4.78, 5) is 4.65. The highest BCUT2D eigenvalue weighted by Gasteiger charge is 2.22. The Morgan fingerprint density at radius 1 is 1.00 bits per heavy atom. The molecule has 2 heterocycles. The van der Waals surface area contributed by atoms with Crippen LogP contribution in [0.1, 0.15) is 32.3 Å². The molecule has 4 rings (SSSR count). The Bertz CT molecular complexity index is 1250. The molecule has 0 spiro atoms. The Morgan fingerprint density at radius 2 is 1.77 bits per heavy atom.